The number of likely N-dealkylation sites (N-methyl/N-ethyl adjacent to an activating group) is 1. The Labute approximate surface area is 120 Å². The summed E-state index contributed by atoms with van der Waals surface area (Å²) in [5.74, 6) is 0.775. The van der Waals surface area contributed by atoms with Gasteiger partial charge in [0.2, 0.25) is 0 Å². The molecule has 0 saturated heterocycles. The number of aryl methyl sites for hydroxylation is 2. The molecule has 1 heterocycles. The number of rotatable bonds is 5. The summed E-state index contributed by atoms with van der Waals surface area (Å²) in [7, 11) is 2.17. The van der Waals surface area contributed by atoms with Crippen LogP contribution in [0.5, 0.6) is 0 Å². The Morgan fingerprint density at radius 1 is 1.40 bits per heavy atom. The maximum Gasteiger partial charge on any atom is 0.144 e. The first-order valence-electron chi connectivity index (χ1n) is 7.65. The van der Waals surface area contributed by atoms with E-state index in [4.69, 9.17) is 0 Å². The van der Waals surface area contributed by atoms with Crippen molar-refractivity contribution in [3.63, 3.8) is 0 Å². The molecular formula is C16H22N4. The van der Waals surface area contributed by atoms with Gasteiger partial charge in [-0.3, -0.25) is 0 Å². The number of pyridine rings is 1. The molecule has 0 aromatic carbocycles. The van der Waals surface area contributed by atoms with Crippen molar-refractivity contribution in [2.24, 2.45) is 0 Å². The number of nitrogens with one attached hydrogen (secondary N) is 1. The summed E-state index contributed by atoms with van der Waals surface area (Å²) >= 11 is 0. The minimum Gasteiger partial charge on any atom is -0.368 e. The van der Waals surface area contributed by atoms with Crippen LogP contribution >= 0.6 is 0 Å². The molecule has 1 fully saturated rings. The standard InChI is InChI=1S/C16H22N4/c1-20(14-6-7-14)9-8-18-16-13(11-17)10-12-4-2-3-5-15(12)19-16/h10,14H,2-9H2,1H3,(H,18,19). The molecule has 1 aromatic heterocycles. The SMILES string of the molecule is CN(CCNc1nc2c(cc1C#N)CCCC2)C1CC1. The van der Waals surface area contributed by atoms with E-state index < -0.39 is 0 Å². The zero-order chi connectivity index (χ0) is 13.9. The van der Waals surface area contributed by atoms with Crippen molar-refractivity contribution < 1.29 is 0 Å². The van der Waals surface area contributed by atoms with Gasteiger partial charge in [-0.05, 0) is 57.2 Å². The lowest BCUT2D eigenvalue weighted by Gasteiger charge is -2.19. The average molecular weight is 270 g/mol. The van der Waals surface area contributed by atoms with E-state index in [0.717, 1.165) is 37.8 Å². The van der Waals surface area contributed by atoms with Gasteiger partial charge in [0.15, 0.2) is 0 Å². The molecule has 1 N–H and O–H groups in total. The summed E-state index contributed by atoms with van der Waals surface area (Å²) < 4.78 is 0. The lowest BCUT2D eigenvalue weighted by molar-refractivity contribution is 0.337. The highest BCUT2D eigenvalue weighted by Crippen LogP contribution is 2.26. The molecule has 2 aliphatic carbocycles. The number of nitriles is 1. The largest absolute Gasteiger partial charge is 0.368 e. The molecule has 0 unspecified atom stereocenters. The van der Waals surface area contributed by atoms with E-state index in [0.29, 0.717) is 5.56 Å². The third-order valence-corrected chi connectivity index (χ3v) is 4.35. The van der Waals surface area contributed by atoms with Crippen LogP contribution in [0, 0.1) is 11.3 Å². The molecule has 1 aromatic rings. The van der Waals surface area contributed by atoms with Crippen LogP contribution in [0.15, 0.2) is 6.07 Å². The highest BCUT2D eigenvalue weighted by molar-refractivity contribution is 5.54. The van der Waals surface area contributed by atoms with Crippen molar-refractivity contribution >= 4 is 5.82 Å². The second kappa shape index (κ2) is 5.80. The number of nitrogens with zero attached hydrogens (tertiary/aromatic N) is 3. The number of fused-ring (bicyclic) bond motifs is 1. The average Bonchev–Trinajstić information content (AvgIpc) is 3.31. The topological polar surface area (TPSA) is 52.0 Å². The molecule has 0 amide bonds. The molecule has 3 rings (SSSR count). The van der Waals surface area contributed by atoms with Gasteiger partial charge in [0.25, 0.3) is 0 Å². The van der Waals surface area contributed by atoms with Crippen molar-refractivity contribution in [3.8, 4) is 6.07 Å². The second-order valence-corrected chi connectivity index (χ2v) is 5.95. The van der Waals surface area contributed by atoms with Gasteiger partial charge in [-0.2, -0.15) is 5.26 Å². The number of hydrogen-bond acceptors (Lipinski definition) is 4. The zero-order valence-corrected chi connectivity index (χ0v) is 12.2. The molecule has 1 saturated carbocycles. The van der Waals surface area contributed by atoms with Crippen LogP contribution in [0.4, 0.5) is 5.82 Å². The summed E-state index contributed by atoms with van der Waals surface area (Å²) in [4.78, 5) is 7.08. The zero-order valence-electron chi connectivity index (χ0n) is 12.2. The maximum atomic E-state index is 9.29. The lowest BCUT2D eigenvalue weighted by atomic mass is 9.95. The Morgan fingerprint density at radius 3 is 2.95 bits per heavy atom. The molecule has 20 heavy (non-hydrogen) atoms. The molecule has 106 valence electrons. The molecular weight excluding hydrogens is 248 g/mol. The number of aromatic nitrogens is 1. The maximum absolute atomic E-state index is 9.29. The summed E-state index contributed by atoms with van der Waals surface area (Å²) in [5, 5.41) is 12.6. The molecule has 0 atom stereocenters. The van der Waals surface area contributed by atoms with Gasteiger partial charge < -0.3 is 10.2 Å². The van der Waals surface area contributed by atoms with E-state index in [1.807, 2.05) is 6.07 Å². The Balaban J connectivity index is 1.66. The Hall–Kier alpha value is -1.60. The van der Waals surface area contributed by atoms with Crippen molar-refractivity contribution in [2.75, 3.05) is 25.5 Å². The summed E-state index contributed by atoms with van der Waals surface area (Å²) in [6, 6.07) is 5.10. The summed E-state index contributed by atoms with van der Waals surface area (Å²) in [5.41, 5.74) is 3.15. The third-order valence-electron chi connectivity index (χ3n) is 4.35. The fourth-order valence-corrected chi connectivity index (χ4v) is 2.90. The minimum absolute atomic E-state index is 0.694. The van der Waals surface area contributed by atoms with Crippen LogP contribution < -0.4 is 5.32 Å². The van der Waals surface area contributed by atoms with Gasteiger partial charge in [-0.1, -0.05) is 0 Å². The van der Waals surface area contributed by atoms with Gasteiger partial charge in [-0.25, -0.2) is 4.98 Å². The Kier molecular flexibility index (Phi) is 3.88. The van der Waals surface area contributed by atoms with Crippen LogP contribution in [-0.2, 0) is 12.8 Å². The van der Waals surface area contributed by atoms with Gasteiger partial charge >= 0.3 is 0 Å². The van der Waals surface area contributed by atoms with Gasteiger partial charge in [0.1, 0.15) is 11.9 Å². The molecule has 0 radical (unpaired) electrons. The molecule has 4 nitrogen and oxygen atoms in total. The Bertz CT molecular complexity index is 528. The third kappa shape index (κ3) is 2.94. The second-order valence-electron chi connectivity index (χ2n) is 5.95. The van der Waals surface area contributed by atoms with Crippen molar-refractivity contribution in [1.82, 2.24) is 9.88 Å². The molecule has 0 spiro atoms. The predicted octanol–water partition coefficient (Wildman–Crippen LogP) is 2.34. The van der Waals surface area contributed by atoms with Crippen molar-refractivity contribution in [2.45, 2.75) is 44.6 Å². The van der Waals surface area contributed by atoms with Gasteiger partial charge in [0, 0.05) is 24.8 Å². The molecule has 4 heteroatoms. The summed E-state index contributed by atoms with van der Waals surface area (Å²) in [6.07, 6.45) is 7.22. The van der Waals surface area contributed by atoms with E-state index in [2.05, 4.69) is 28.3 Å². The Morgan fingerprint density at radius 2 is 2.20 bits per heavy atom. The van der Waals surface area contributed by atoms with E-state index >= 15 is 0 Å². The van der Waals surface area contributed by atoms with Crippen molar-refractivity contribution in [3.05, 3.63) is 22.9 Å². The van der Waals surface area contributed by atoms with Crippen LogP contribution in [0.2, 0.25) is 0 Å². The van der Waals surface area contributed by atoms with E-state index in [-0.39, 0.29) is 0 Å². The van der Waals surface area contributed by atoms with Gasteiger partial charge in [-0.15, -0.1) is 0 Å². The number of hydrogen-bond donors (Lipinski definition) is 1. The quantitative estimate of drug-likeness (QED) is 0.892. The highest BCUT2D eigenvalue weighted by atomic mass is 15.2. The highest BCUT2D eigenvalue weighted by Gasteiger charge is 2.25. The van der Waals surface area contributed by atoms with Crippen LogP contribution in [0.3, 0.4) is 0 Å². The molecule has 0 bridgehead atoms. The fourth-order valence-electron chi connectivity index (χ4n) is 2.90. The first-order valence-corrected chi connectivity index (χ1v) is 7.65. The smallest absolute Gasteiger partial charge is 0.144 e. The normalized spacial score (nSPS) is 17.6. The lowest BCUT2D eigenvalue weighted by Crippen LogP contribution is -2.27. The van der Waals surface area contributed by atoms with Crippen LogP contribution in [0.1, 0.15) is 42.5 Å². The summed E-state index contributed by atoms with van der Waals surface area (Å²) in [6.45, 7) is 1.86. The van der Waals surface area contributed by atoms with Gasteiger partial charge in [0.05, 0.1) is 5.56 Å². The van der Waals surface area contributed by atoms with Crippen LogP contribution in [-0.4, -0.2) is 36.1 Å². The van der Waals surface area contributed by atoms with E-state index in [1.165, 1.54) is 36.9 Å². The van der Waals surface area contributed by atoms with Crippen molar-refractivity contribution in [1.29, 1.82) is 5.26 Å². The fraction of sp³-hybridized carbons (Fsp3) is 0.625. The van der Waals surface area contributed by atoms with E-state index in [1.54, 1.807) is 0 Å². The van der Waals surface area contributed by atoms with E-state index in [9.17, 15) is 5.26 Å². The monoisotopic (exact) mass is 270 g/mol. The number of anilines is 1. The predicted molar refractivity (Wildman–Crippen MR) is 79.7 cm³/mol. The van der Waals surface area contributed by atoms with Crippen LogP contribution in [0.25, 0.3) is 0 Å². The first-order chi connectivity index (χ1) is 9.78. The molecule has 0 aliphatic heterocycles. The molecule has 2 aliphatic rings. The minimum atomic E-state index is 0.694. The first kappa shape index (κ1) is 13.4.